The molecule has 0 heterocycles. The lowest BCUT2D eigenvalue weighted by Gasteiger charge is -2.20. The Kier molecular flexibility index (Phi) is 4.03. The highest BCUT2D eigenvalue weighted by atomic mass is 16.6. The number of allylic oxidation sites excluding steroid dienone is 2. The molecule has 2 aliphatic rings. The van der Waals surface area contributed by atoms with Crippen molar-refractivity contribution in [1.82, 2.24) is 5.32 Å². The smallest absolute Gasteiger partial charge is 0.269 e. The fraction of sp³-hybridized carbons (Fsp3) is 0.500. The van der Waals surface area contributed by atoms with Crippen molar-refractivity contribution < 1.29 is 10.0 Å². The summed E-state index contributed by atoms with van der Waals surface area (Å²) in [6.45, 7) is 1.41. The SMILES string of the molecule is O=[N+]([O-])c1ccc([C@H](O)CNC[C@H]2C[C@H]3C=C[C@H]2C3)cc1. The van der Waals surface area contributed by atoms with Gasteiger partial charge in [0.15, 0.2) is 0 Å². The Labute approximate surface area is 123 Å². The topological polar surface area (TPSA) is 75.4 Å². The molecule has 0 amide bonds. The number of nitro groups is 1. The average molecular weight is 288 g/mol. The molecule has 1 aromatic carbocycles. The third-order valence-corrected chi connectivity index (χ3v) is 4.65. The van der Waals surface area contributed by atoms with Crippen LogP contribution in [-0.2, 0) is 0 Å². The normalized spacial score (nSPS) is 28.0. The van der Waals surface area contributed by atoms with Gasteiger partial charge in [-0.1, -0.05) is 12.2 Å². The predicted octanol–water partition coefficient (Wildman–Crippen LogP) is 2.43. The van der Waals surface area contributed by atoms with E-state index in [0.29, 0.717) is 23.9 Å². The number of benzene rings is 1. The molecule has 1 saturated carbocycles. The monoisotopic (exact) mass is 288 g/mol. The number of nitrogens with one attached hydrogen (secondary N) is 1. The second kappa shape index (κ2) is 5.95. The number of hydrogen-bond acceptors (Lipinski definition) is 4. The van der Waals surface area contributed by atoms with Crippen molar-refractivity contribution in [2.75, 3.05) is 13.1 Å². The van der Waals surface area contributed by atoms with E-state index >= 15 is 0 Å². The van der Waals surface area contributed by atoms with E-state index in [2.05, 4.69) is 17.5 Å². The summed E-state index contributed by atoms with van der Waals surface area (Å²) in [4.78, 5) is 10.2. The fourth-order valence-corrected chi connectivity index (χ4v) is 3.47. The standard InChI is InChI=1S/C16H20N2O3/c19-16(12-3-5-15(6-4-12)18(20)21)10-17-9-14-8-11-1-2-13(14)7-11/h1-6,11,13-14,16-17,19H,7-10H2/t11-,13-,14+,16+/m0/s1. The Bertz CT molecular complexity index is 541. The molecule has 2 bridgehead atoms. The van der Waals surface area contributed by atoms with E-state index in [9.17, 15) is 15.2 Å². The van der Waals surface area contributed by atoms with Crippen LogP contribution in [0.5, 0.6) is 0 Å². The Balaban J connectivity index is 1.46. The second-order valence-electron chi connectivity index (χ2n) is 6.06. The number of nitro benzene ring substituents is 1. The van der Waals surface area contributed by atoms with Crippen molar-refractivity contribution in [3.63, 3.8) is 0 Å². The van der Waals surface area contributed by atoms with Crippen LogP contribution in [-0.4, -0.2) is 23.1 Å². The van der Waals surface area contributed by atoms with Gasteiger partial charge in [0.05, 0.1) is 11.0 Å². The third-order valence-electron chi connectivity index (χ3n) is 4.65. The van der Waals surface area contributed by atoms with Gasteiger partial charge in [-0.05, 0) is 54.8 Å². The first-order chi connectivity index (χ1) is 10.1. The zero-order valence-electron chi connectivity index (χ0n) is 11.8. The molecule has 1 aromatic rings. The molecule has 0 spiro atoms. The minimum absolute atomic E-state index is 0.0488. The molecule has 1 fully saturated rings. The highest BCUT2D eigenvalue weighted by molar-refractivity contribution is 5.33. The Morgan fingerprint density at radius 3 is 2.62 bits per heavy atom. The van der Waals surface area contributed by atoms with Gasteiger partial charge < -0.3 is 10.4 Å². The fourth-order valence-electron chi connectivity index (χ4n) is 3.47. The molecule has 0 saturated heterocycles. The van der Waals surface area contributed by atoms with Gasteiger partial charge >= 0.3 is 0 Å². The van der Waals surface area contributed by atoms with Crippen LogP contribution in [0.15, 0.2) is 36.4 Å². The molecule has 2 N–H and O–H groups in total. The molecule has 2 aliphatic carbocycles. The van der Waals surface area contributed by atoms with Gasteiger partial charge in [-0.2, -0.15) is 0 Å². The van der Waals surface area contributed by atoms with E-state index in [1.54, 1.807) is 12.1 Å². The van der Waals surface area contributed by atoms with E-state index in [1.165, 1.54) is 25.0 Å². The molecular weight excluding hydrogens is 268 g/mol. The predicted molar refractivity (Wildman–Crippen MR) is 79.8 cm³/mol. The van der Waals surface area contributed by atoms with Crippen LogP contribution in [0, 0.1) is 27.9 Å². The van der Waals surface area contributed by atoms with Gasteiger partial charge in [0.1, 0.15) is 0 Å². The molecule has 112 valence electrons. The lowest BCUT2D eigenvalue weighted by atomic mass is 9.93. The van der Waals surface area contributed by atoms with Crippen LogP contribution in [0.25, 0.3) is 0 Å². The molecule has 0 radical (unpaired) electrons. The number of aliphatic hydroxyl groups is 1. The molecular formula is C16H20N2O3. The molecule has 0 unspecified atom stereocenters. The summed E-state index contributed by atoms with van der Waals surface area (Å²) in [6, 6.07) is 6.09. The van der Waals surface area contributed by atoms with Crippen LogP contribution in [0.1, 0.15) is 24.5 Å². The minimum atomic E-state index is -0.625. The lowest BCUT2D eigenvalue weighted by molar-refractivity contribution is -0.384. The summed E-state index contributed by atoms with van der Waals surface area (Å²) >= 11 is 0. The number of hydrogen-bond donors (Lipinski definition) is 2. The summed E-state index contributed by atoms with van der Waals surface area (Å²) in [6.07, 6.45) is 6.57. The number of aliphatic hydroxyl groups excluding tert-OH is 1. The van der Waals surface area contributed by atoms with Crippen molar-refractivity contribution in [2.24, 2.45) is 17.8 Å². The van der Waals surface area contributed by atoms with Gasteiger partial charge in [-0.3, -0.25) is 10.1 Å². The second-order valence-corrected chi connectivity index (χ2v) is 6.06. The number of fused-ring (bicyclic) bond motifs is 2. The Morgan fingerprint density at radius 1 is 1.29 bits per heavy atom. The Hall–Kier alpha value is -1.72. The van der Waals surface area contributed by atoms with E-state index < -0.39 is 11.0 Å². The summed E-state index contributed by atoms with van der Waals surface area (Å²) < 4.78 is 0. The first-order valence-electron chi connectivity index (χ1n) is 7.45. The van der Waals surface area contributed by atoms with Gasteiger partial charge in [0.25, 0.3) is 5.69 Å². The average Bonchev–Trinajstić information content (AvgIpc) is 3.10. The minimum Gasteiger partial charge on any atom is -0.387 e. The van der Waals surface area contributed by atoms with Gasteiger partial charge in [0, 0.05) is 18.7 Å². The maximum Gasteiger partial charge on any atom is 0.269 e. The van der Waals surface area contributed by atoms with Crippen LogP contribution >= 0.6 is 0 Å². The number of nitrogens with zero attached hydrogens (tertiary/aromatic N) is 1. The van der Waals surface area contributed by atoms with Gasteiger partial charge in [-0.25, -0.2) is 0 Å². The van der Waals surface area contributed by atoms with Crippen molar-refractivity contribution in [3.8, 4) is 0 Å². The highest BCUT2D eigenvalue weighted by Gasteiger charge is 2.35. The van der Waals surface area contributed by atoms with Crippen LogP contribution in [0.2, 0.25) is 0 Å². The highest BCUT2D eigenvalue weighted by Crippen LogP contribution is 2.42. The van der Waals surface area contributed by atoms with Crippen molar-refractivity contribution in [2.45, 2.75) is 18.9 Å². The largest absolute Gasteiger partial charge is 0.387 e. The molecule has 21 heavy (non-hydrogen) atoms. The first kappa shape index (κ1) is 14.2. The summed E-state index contributed by atoms with van der Waals surface area (Å²) in [5, 5.41) is 24.0. The zero-order valence-corrected chi connectivity index (χ0v) is 11.8. The van der Waals surface area contributed by atoms with E-state index in [1.807, 2.05) is 0 Å². The molecule has 4 atom stereocenters. The number of rotatable bonds is 6. The number of non-ortho nitro benzene ring substituents is 1. The van der Waals surface area contributed by atoms with Crippen LogP contribution < -0.4 is 5.32 Å². The summed E-state index contributed by atoms with van der Waals surface area (Å²) in [5.74, 6) is 2.16. The first-order valence-corrected chi connectivity index (χ1v) is 7.45. The summed E-state index contributed by atoms with van der Waals surface area (Å²) in [5.41, 5.74) is 0.758. The van der Waals surface area contributed by atoms with Crippen molar-refractivity contribution >= 4 is 5.69 Å². The third kappa shape index (κ3) is 3.14. The summed E-state index contributed by atoms with van der Waals surface area (Å²) in [7, 11) is 0. The molecule has 0 aromatic heterocycles. The van der Waals surface area contributed by atoms with Crippen molar-refractivity contribution in [3.05, 3.63) is 52.1 Å². The quantitative estimate of drug-likeness (QED) is 0.479. The van der Waals surface area contributed by atoms with Gasteiger partial charge in [0.2, 0.25) is 0 Å². The molecule has 5 nitrogen and oxygen atoms in total. The molecule has 0 aliphatic heterocycles. The molecule has 5 heteroatoms. The van der Waals surface area contributed by atoms with Gasteiger partial charge in [-0.15, -0.1) is 0 Å². The van der Waals surface area contributed by atoms with E-state index in [0.717, 1.165) is 12.5 Å². The Morgan fingerprint density at radius 2 is 2.05 bits per heavy atom. The van der Waals surface area contributed by atoms with E-state index in [-0.39, 0.29) is 5.69 Å². The lowest BCUT2D eigenvalue weighted by Crippen LogP contribution is -2.29. The maximum absolute atomic E-state index is 10.6. The maximum atomic E-state index is 10.6. The molecule has 3 rings (SSSR count). The zero-order chi connectivity index (χ0) is 14.8. The van der Waals surface area contributed by atoms with Crippen molar-refractivity contribution in [1.29, 1.82) is 0 Å². The van der Waals surface area contributed by atoms with Crippen LogP contribution in [0.3, 0.4) is 0 Å². The van der Waals surface area contributed by atoms with Crippen LogP contribution in [0.4, 0.5) is 5.69 Å². The van der Waals surface area contributed by atoms with E-state index in [4.69, 9.17) is 0 Å².